The Bertz CT molecular complexity index is 586. The van der Waals surface area contributed by atoms with Crippen LogP contribution in [0.4, 0.5) is 0 Å². The number of esters is 1. The molecule has 96 valence electrons. The van der Waals surface area contributed by atoms with Gasteiger partial charge in [-0.05, 0) is 51.4 Å². The Kier molecular flexibility index (Phi) is 3.39. The highest BCUT2D eigenvalue weighted by Crippen LogP contribution is 2.33. The van der Waals surface area contributed by atoms with Crippen molar-refractivity contribution in [2.45, 2.75) is 33.1 Å². The Morgan fingerprint density at radius 1 is 1.44 bits per heavy atom. The minimum atomic E-state index is -0.706. The third-order valence-electron chi connectivity index (χ3n) is 3.00. The van der Waals surface area contributed by atoms with Crippen LogP contribution in [0.3, 0.4) is 0 Å². The molecule has 0 atom stereocenters. The molecule has 0 saturated heterocycles. The summed E-state index contributed by atoms with van der Waals surface area (Å²) in [5, 5.41) is 1.05. The number of rotatable bonds is 3. The van der Waals surface area contributed by atoms with E-state index in [1.807, 2.05) is 33.8 Å². The largest absolute Gasteiger partial charge is 0.465 e. The smallest absolute Gasteiger partial charge is 0.317 e. The predicted octanol–water partition coefficient (Wildman–Crippen LogP) is 3.45. The van der Waals surface area contributed by atoms with Gasteiger partial charge in [-0.1, -0.05) is 11.6 Å². The molecule has 2 rings (SSSR count). The average Bonchev–Trinajstić information content (AvgIpc) is 2.72. The normalized spacial score (nSPS) is 11.8. The Labute approximate surface area is 111 Å². The molecular weight excluding hydrogens is 246 g/mol. The summed E-state index contributed by atoms with van der Waals surface area (Å²) in [4.78, 5) is 12.0. The standard InChI is InChI=1S/C14H17NO2S/c1-5-17-13(16)14(3,4)12-10-8-9(2)6-7-11(10)18-15-12/h6-8H,5H2,1-4H3. The minimum absolute atomic E-state index is 0.223. The molecule has 0 fully saturated rings. The summed E-state index contributed by atoms with van der Waals surface area (Å²) in [6, 6.07) is 6.18. The lowest BCUT2D eigenvalue weighted by atomic mass is 9.87. The van der Waals surface area contributed by atoms with E-state index in [1.165, 1.54) is 17.1 Å². The molecule has 18 heavy (non-hydrogen) atoms. The summed E-state index contributed by atoms with van der Waals surface area (Å²) in [6.45, 7) is 7.97. The zero-order chi connectivity index (χ0) is 13.3. The molecule has 0 bridgehead atoms. The van der Waals surface area contributed by atoms with Crippen LogP contribution in [0.15, 0.2) is 18.2 Å². The van der Waals surface area contributed by atoms with Gasteiger partial charge in [0.25, 0.3) is 0 Å². The van der Waals surface area contributed by atoms with Gasteiger partial charge in [0, 0.05) is 5.39 Å². The Morgan fingerprint density at radius 2 is 2.17 bits per heavy atom. The van der Waals surface area contributed by atoms with E-state index in [9.17, 15) is 4.79 Å². The van der Waals surface area contributed by atoms with Crippen molar-refractivity contribution in [3.8, 4) is 0 Å². The number of benzene rings is 1. The zero-order valence-electron chi connectivity index (χ0n) is 11.1. The fourth-order valence-electron chi connectivity index (χ4n) is 1.91. The second kappa shape index (κ2) is 4.69. The lowest BCUT2D eigenvalue weighted by molar-refractivity contribution is -0.148. The van der Waals surface area contributed by atoms with Crippen molar-refractivity contribution < 1.29 is 9.53 Å². The molecule has 0 N–H and O–H groups in total. The van der Waals surface area contributed by atoms with E-state index >= 15 is 0 Å². The van der Waals surface area contributed by atoms with Gasteiger partial charge < -0.3 is 4.74 Å². The first-order valence-electron chi connectivity index (χ1n) is 6.00. The second-order valence-corrected chi connectivity index (χ2v) is 5.68. The van der Waals surface area contributed by atoms with Crippen LogP contribution in [0, 0.1) is 6.92 Å². The zero-order valence-corrected chi connectivity index (χ0v) is 11.9. The minimum Gasteiger partial charge on any atom is -0.465 e. The summed E-state index contributed by atoms with van der Waals surface area (Å²) < 4.78 is 10.7. The number of carbonyl (C=O) groups excluding carboxylic acids is 1. The number of nitrogens with zero attached hydrogens (tertiary/aromatic N) is 1. The highest BCUT2D eigenvalue weighted by atomic mass is 32.1. The topological polar surface area (TPSA) is 39.2 Å². The molecule has 0 amide bonds. The van der Waals surface area contributed by atoms with Gasteiger partial charge in [-0.3, -0.25) is 4.79 Å². The van der Waals surface area contributed by atoms with Crippen LogP contribution in [0.1, 0.15) is 32.0 Å². The fraction of sp³-hybridized carbons (Fsp3) is 0.429. The lowest BCUT2D eigenvalue weighted by Crippen LogP contribution is -2.31. The van der Waals surface area contributed by atoms with Crippen LogP contribution >= 0.6 is 11.5 Å². The highest BCUT2D eigenvalue weighted by Gasteiger charge is 2.35. The number of carbonyl (C=O) groups is 1. The molecule has 2 aromatic rings. The Morgan fingerprint density at radius 3 is 2.83 bits per heavy atom. The third-order valence-corrected chi connectivity index (χ3v) is 3.83. The van der Waals surface area contributed by atoms with Gasteiger partial charge in [0.2, 0.25) is 0 Å². The van der Waals surface area contributed by atoms with Gasteiger partial charge in [0.15, 0.2) is 0 Å². The maximum atomic E-state index is 12.0. The van der Waals surface area contributed by atoms with Crippen molar-refractivity contribution >= 4 is 27.6 Å². The quantitative estimate of drug-likeness (QED) is 0.796. The third kappa shape index (κ3) is 2.12. The van der Waals surface area contributed by atoms with Gasteiger partial charge in [-0.2, -0.15) is 4.37 Å². The van der Waals surface area contributed by atoms with E-state index < -0.39 is 5.41 Å². The highest BCUT2D eigenvalue weighted by molar-refractivity contribution is 7.13. The number of ether oxygens (including phenoxy) is 1. The number of hydrogen-bond acceptors (Lipinski definition) is 4. The van der Waals surface area contributed by atoms with E-state index in [2.05, 4.69) is 16.5 Å². The fourth-order valence-corrected chi connectivity index (χ4v) is 2.81. The first kappa shape index (κ1) is 13.0. The first-order valence-corrected chi connectivity index (χ1v) is 6.78. The summed E-state index contributed by atoms with van der Waals surface area (Å²) in [5.74, 6) is -0.223. The van der Waals surface area contributed by atoms with Crippen molar-refractivity contribution in [3.63, 3.8) is 0 Å². The summed E-state index contributed by atoms with van der Waals surface area (Å²) in [6.07, 6.45) is 0. The molecule has 0 aliphatic heterocycles. The van der Waals surface area contributed by atoms with Crippen LogP contribution in [-0.2, 0) is 14.9 Å². The van der Waals surface area contributed by atoms with Gasteiger partial charge in [-0.15, -0.1) is 0 Å². The van der Waals surface area contributed by atoms with E-state index in [1.54, 1.807) is 0 Å². The van der Waals surface area contributed by atoms with Crippen LogP contribution in [0.2, 0.25) is 0 Å². The Balaban J connectivity index is 2.53. The molecule has 0 unspecified atom stereocenters. The predicted molar refractivity (Wildman–Crippen MR) is 74.0 cm³/mol. The van der Waals surface area contributed by atoms with Gasteiger partial charge in [0.05, 0.1) is 17.0 Å². The van der Waals surface area contributed by atoms with E-state index in [-0.39, 0.29) is 5.97 Å². The summed E-state index contributed by atoms with van der Waals surface area (Å²) in [7, 11) is 0. The Hall–Kier alpha value is -1.42. The van der Waals surface area contributed by atoms with Crippen molar-refractivity contribution in [1.29, 1.82) is 0 Å². The number of fused-ring (bicyclic) bond motifs is 1. The van der Waals surface area contributed by atoms with Crippen molar-refractivity contribution in [2.75, 3.05) is 6.61 Å². The second-order valence-electron chi connectivity index (χ2n) is 4.88. The maximum absolute atomic E-state index is 12.0. The van der Waals surface area contributed by atoms with Crippen LogP contribution < -0.4 is 0 Å². The maximum Gasteiger partial charge on any atom is 0.317 e. The molecule has 0 aliphatic rings. The van der Waals surface area contributed by atoms with Crippen LogP contribution in [0.25, 0.3) is 10.1 Å². The molecule has 0 spiro atoms. The van der Waals surface area contributed by atoms with Crippen molar-refractivity contribution in [1.82, 2.24) is 4.37 Å². The van der Waals surface area contributed by atoms with E-state index in [4.69, 9.17) is 4.74 Å². The average molecular weight is 263 g/mol. The molecule has 3 nitrogen and oxygen atoms in total. The van der Waals surface area contributed by atoms with Crippen molar-refractivity contribution in [3.05, 3.63) is 29.5 Å². The van der Waals surface area contributed by atoms with E-state index in [0.29, 0.717) is 6.61 Å². The molecule has 0 aliphatic carbocycles. The molecule has 1 heterocycles. The van der Waals surface area contributed by atoms with Gasteiger partial charge >= 0.3 is 5.97 Å². The van der Waals surface area contributed by atoms with Gasteiger partial charge in [0.1, 0.15) is 5.41 Å². The molecular formula is C14H17NO2S. The van der Waals surface area contributed by atoms with E-state index in [0.717, 1.165) is 15.8 Å². The summed E-state index contributed by atoms with van der Waals surface area (Å²) >= 11 is 1.43. The van der Waals surface area contributed by atoms with Gasteiger partial charge in [-0.25, -0.2) is 0 Å². The molecule has 0 radical (unpaired) electrons. The SMILES string of the molecule is CCOC(=O)C(C)(C)c1nsc2ccc(C)cc12. The summed E-state index contributed by atoms with van der Waals surface area (Å²) in [5.41, 5.74) is 1.27. The first-order chi connectivity index (χ1) is 8.46. The lowest BCUT2D eigenvalue weighted by Gasteiger charge is -2.20. The van der Waals surface area contributed by atoms with Crippen LogP contribution in [0.5, 0.6) is 0 Å². The monoisotopic (exact) mass is 263 g/mol. The van der Waals surface area contributed by atoms with Crippen molar-refractivity contribution in [2.24, 2.45) is 0 Å². The number of hydrogen-bond donors (Lipinski definition) is 0. The molecule has 1 aromatic carbocycles. The van der Waals surface area contributed by atoms with Crippen LogP contribution in [-0.4, -0.2) is 16.9 Å². The molecule has 1 aromatic heterocycles. The number of aromatic nitrogens is 1. The molecule has 4 heteroatoms. The molecule has 0 saturated carbocycles. The number of aryl methyl sites for hydroxylation is 1.